The van der Waals surface area contributed by atoms with Gasteiger partial charge in [-0.15, -0.1) is 5.10 Å². The van der Waals surface area contributed by atoms with Gasteiger partial charge in [-0.05, 0) is 55.6 Å². The standard InChI is InChI=1S/C14H18ClN5/c1-19(2)14(8-3-4-9-14)13-16-17-18-20(13)12-7-5-6-11(15)10-12/h5-7,10H,3-4,8-9H2,1-2H3. The molecule has 0 aliphatic heterocycles. The molecule has 1 heterocycles. The zero-order chi connectivity index (χ0) is 14.2. The molecule has 0 spiro atoms. The first-order valence-corrected chi connectivity index (χ1v) is 7.23. The van der Waals surface area contributed by atoms with Crippen molar-refractivity contribution >= 4 is 11.6 Å². The number of aromatic nitrogens is 4. The van der Waals surface area contributed by atoms with E-state index in [4.69, 9.17) is 11.6 Å². The van der Waals surface area contributed by atoms with Crippen molar-refractivity contribution in [1.29, 1.82) is 0 Å². The molecule has 5 nitrogen and oxygen atoms in total. The molecule has 1 aromatic carbocycles. The quantitative estimate of drug-likeness (QED) is 0.872. The van der Waals surface area contributed by atoms with Crippen LogP contribution in [0.2, 0.25) is 5.02 Å². The third-order valence-electron chi connectivity index (χ3n) is 4.23. The van der Waals surface area contributed by atoms with E-state index in [1.807, 2.05) is 28.9 Å². The maximum atomic E-state index is 6.08. The van der Waals surface area contributed by atoms with Crippen molar-refractivity contribution in [2.75, 3.05) is 14.1 Å². The van der Waals surface area contributed by atoms with Crippen molar-refractivity contribution in [3.63, 3.8) is 0 Å². The molecule has 1 fully saturated rings. The summed E-state index contributed by atoms with van der Waals surface area (Å²) in [5, 5.41) is 13.1. The van der Waals surface area contributed by atoms with Crippen LogP contribution in [-0.4, -0.2) is 39.2 Å². The average Bonchev–Trinajstić information content (AvgIpc) is 3.08. The van der Waals surface area contributed by atoms with Crippen LogP contribution < -0.4 is 0 Å². The van der Waals surface area contributed by atoms with Gasteiger partial charge in [-0.25, -0.2) is 0 Å². The smallest absolute Gasteiger partial charge is 0.176 e. The normalized spacial score (nSPS) is 17.8. The summed E-state index contributed by atoms with van der Waals surface area (Å²) >= 11 is 6.08. The molecule has 0 saturated heterocycles. The Balaban J connectivity index is 2.10. The topological polar surface area (TPSA) is 46.8 Å². The largest absolute Gasteiger partial charge is 0.297 e. The zero-order valence-electron chi connectivity index (χ0n) is 11.8. The summed E-state index contributed by atoms with van der Waals surface area (Å²) in [5.41, 5.74) is 0.830. The second-order valence-corrected chi connectivity index (χ2v) is 5.96. The molecular formula is C14H18ClN5. The first kappa shape index (κ1) is 13.5. The number of nitrogens with zero attached hydrogens (tertiary/aromatic N) is 5. The highest BCUT2D eigenvalue weighted by atomic mass is 35.5. The van der Waals surface area contributed by atoms with Gasteiger partial charge in [-0.2, -0.15) is 4.68 Å². The predicted molar refractivity (Wildman–Crippen MR) is 78.0 cm³/mol. The Morgan fingerprint density at radius 1 is 1.25 bits per heavy atom. The molecule has 0 N–H and O–H groups in total. The van der Waals surface area contributed by atoms with Crippen molar-refractivity contribution in [1.82, 2.24) is 25.1 Å². The summed E-state index contributed by atoms with van der Waals surface area (Å²) < 4.78 is 1.82. The van der Waals surface area contributed by atoms with Gasteiger partial charge in [0.1, 0.15) is 0 Å². The van der Waals surface area contributed by atoms with E-state index in [-0.39, 0.29) is 5.54 Å². The van der Waals surface area contributed by atoms with E-state index in [0.717, 1.165) is 24.4 Å². The molecule has 0 amide bonds. The predicted octanol–water partition coefficient (Wildman–Crippen LogP) is 2.65. The van der Waals surface area contributed by atoms with Gasteiger partial charge in [-0.1, -0.05) is 30.5 Å². The fraction of sp³-hybridized carbons (Fsp3) is 0.500. The highest BCUT2D eigenvalue weighted by molar-refractivity contribution is 6.30. The Morgan fingerprint density at radius 3 is 2.65 bits per heavy atom. The summed E-state index contributed by atoms with van der Waals surface area (Å²) in [6.07, 6.45) is 4.59. The average molecular weight is 292 g/mol. The van der Waals surface area contributed by atoms with E-state index < -0.39 is 0 Å². The van der Waals surface area contributed by atoms with Crippen molar-refractivity contribution in [2.24, 2.45) is 0 Å². The van der Waals surface area contributed by atoms with E-state index in [1.54, 1.807) is 0 Å². The molecule has 0 bridgehead atoms. The molecule has 106 valence electrons. The van der Waals surface area contributed by atoms with Crippen molar-refractivity contribution in [3.05, 3.63) is 35.1 Å². The molecule has 0 radical (unpaired) electrons. The fourth-order valence-electron chi connectivity index (χ4n) is 3.09. The summed E-state index contributed by atoms with van der Waals surface area (Å²) in [7, 11) is 4.20. The van der Waals surface area contributed by atoms with Gasteiger partial charge in [0.05, 0.1) is 11.2 Å². The summed E-state index contributed by atoms with van der Waals surface area (Å²) in [6, 6.07) is 7.64. The molecule has 6 heteroatoms. The molecule has 1 aromatic heterocycles. The maximum Gasteiger partial charge on any atom is 0.176 e. The number of hydrogen-bond acceptors (Lipinski definition) is 4. The molecule has 1 aliphatic rings. The second-order valence-electron chi connectivity index (χ2n) is 5.53. The van der Waals surface area contributed by atoms with Gasteiger partial charge in [-0.3, -0.25) is 4.90 Å². The number of tetrazole rings is 1. The van der Waals surface area contributed by atoms with Crippen LogP contribution in [0.3, 0.4) is 0 Å². The lowest BCUT2D eigenvalue weighted by atomic mass is 9.95. The molecule has 0 atom stereocenters. The maximum absolute atomic E-state index is 6.08. The molecule has 1 aliphatic carbocycles. The monoisotopic (exact) mass is 291 g/mol. The van der Waals surface area contributed by atoms with E-state index in [2.05, 4.69) is 34.5 Å². The Hall–Kier alpha value is -1.46. The second kappa shape index (κ2) is 5.14. The van der Waals surface area contributed by atoms with Crippen molar-refractivity contribution in [2.45, 2.75) is 31.2 Å². The highest BCUT2D eigenvalue weighted by Gasteiger charge is 2.42. The lowest BCUT2D eigenvalue weighted by molar-refractivity contribution is 0.143. The minimum absolute atomic E-state index is 0.0776. The molecule has 1 saturated carbocycles. The van der Waals surface area contributed by atoms with Gasteiger partial charge in [0.15, 0.2) is 5.82 Å². The molecule has 20 heavy (non-hydrogen) atoms. The van der Waals surface area contributed by atoms with Crippen LogP contribution in [0.1, 0.15) is 31.5 Å². The summed E-state index contributed by atoms with van der Waals surface area (Å²) in [4.78, 5) is 2.24. The Bertz CT molecular complexity index is 601. The number of halogens is 1. The third kappa shape index (κ3) is 2.11. The first-order chi connectivity index (χ1) is 9.63. The van der Waals surface area contributed by atoms with Crippen LogP contribution in [-0.2, 0) is 5.54 Å². The van der Waals surface area contributed by atoms with E-state index >= 15 is 0 Å². The van der Waals surface area contributed by atoms with Crippen molar-refractivity contribution in [3.8, 4) is 5.69 Å². The highest BCUT2D eigenvalue weighted by Crippen LogP contribution is 2.41. The summed E-state index contributed by atoms with van der Waals surface area (Å²) in [6.45, 7) is 0. The number of rotatable bonds is 3. The molecule has 0 unspecified atom stereocenters. The Morgan fingerprint density at radius 2 is 2.00 bits per heavy atom. The van der Waals surface area contributed by atoms with Gasteiger partial charge < -0.3 is 0 Å². The van der Waals surface area contributed by atoms with Crippen LogP contribution >= 0.6 is 11.6 Å². The number of benzene rings is 1. The lowest BCUT2D eigenvalue weighted by Crippen LogP contribution is -2.41. The van der Waals surface area contributed by atoms with Gasteiger partial charge in [0.2, 0.25) is 0 Å². The zero-order valence-corrected chi connectivity index (χ0v) is 12.5. The number of hydrogen-bond donors (Lipinski definition) is 0. The van der Waals surface area contributed by atoms with E-state index in [9.17, 15) is 0 Å². The minimum Gasteiger partial charge on any atom is -0.297 e. The minimum atomic E-state index is -0.0776. The van der Waals surface area contributed by atoms with Gasteiger partial charge in [0.25, 0.3) is 0 Å². The Labute approximate surface area is 123 Å². The molecule has 2 aromatic rings. The van der Waals surface area contributed by atoms with Gasteiger partial charge >= 0.3 is 0 Å². The lowest BCUT2D eigenvalue weighted by Gasteiger charge is -2.34. The van der Waals surface area contributed by atoms with Crippen molar-refractivity contribution < 1.29 is 0 Å². The SMILES string of the molecule is CN(C)C1(c2nnnn2-c2cccc(Cl)c2)CCCC1. The van der Waals surface area contributed by atoms with Crippen LogP contribution in [0, 0.1) is 0 Å². The van der Waals surface area contributed by atoms with E-state index in [0.29, 0.717) is 5.02 Å². The fourth-order valence-corrected chi connectivity index (χ4v) is 3.27. The van der Waals surface area contributed by atoms with Crippen LogP contribution in [0.5, 0.6) is 0 Å². The van der Waals surface area contributed by atoms with Crippen LogP contribution in [0.15, 0.2) is 24.3 Å². The molecular weight excluding hydrogens is 274 g/mol. The van der Waals surface area contributed by atoms with Crippen LogP contribution in [0.4, 0.5) is 0 Å². The first-order valence-electron chi connectivity index (χ1n) is 6.86. The summed E-state index contributed by atoms with van der Waals surface area (Å²) in [5.74, 6) is 0.905. The van der Waals surface area contributed by atoms with E-state index in [1.165, 1.54) is 12.8 Å². The third-order valence-corrected chi connectivity index (χ3v) is 4.46. The molecule has 3 rings (SSSR count). The van der Waals surface area contributed by atoms with Crippen LogP contribution in [0.25, 0.3) is 5.69 Å². The van der Waals surface area contributed by atoms with Gasteiger partial charge in [0, 0.05) is 5.02 Å². The Kier molecular flexibility index (Phi) is 3.48.